The molecule has 0 radical (unpaired) electrons. The third-order valence-corrected chi connectivity index (χ3v) is 6.42. The van der Waals surface area contributed by atoms with Gasteiger partial charge in [-0.3, -0.25) is 19.3 Å². The Balaban J connectivity index is 1.91. The summed E-state index contributed by atoms with van der Waals surface area (Å²) in [6.07, 6.45) is 1.49. The molecule has 1 aromatic carbocycles. The summed E-state index contributed by atoms with van der Waals surface area (Å²) in [5.41, 5.74) is 2.75. The number of benzene rings is 1. The third kappa shape index (κ3) is 4.59. The molecule has 0 atom stereocenters. The van der Waals surface area contributed by atoms with E-state index in [4.69, 9.17) is 17.5 Å². The molecule has 3 heterocycles. The lowest BCUT2D eigenvalue weighted by Crippen LogP contribution is -2.47. The second kappa shape index (κ2) is 10.3. The fourth-order valence-electron chi connectivity index (χ4n) is 4.48. The van der Waals surface area contributed by atoms with Crippen LogP contribution in [0.4, 0.5) is 22.0 Å². The summed E-state index contributed by atoms with van der Waals surface area (Å²) in [6, 6.07) is 12.2. The van der Waals surface area contributed by atoms with Gasteiger partial charge in [0.2, 0.25) is 5.91 Å². The predicted molar refractivity (Wildman–Crippen MR) is 141 cm³/mol. The predicted octanol–water partition coefficient (Wildman–Crippen LogP) is 1.96. The van der Waals surface area contributed by atoms with Crippen molar-refractivity contribution in [3.8, 4) is 11.3 Å². The molecule has 6 N–H and O–H groups in total. The van der Waals surface area contributed by atoms with Crippen molar-refractivity contribution in [2.45, 2.75) is 27.3 Å². The molecule has 194 valence electrons. The zero-order chi connectivity index (χ0) is 26.9. The van der Waals surface area contributed by atoms with Crippen LogP contribution < -0.4 is 27.5 Å². The molecule has 2 aromatic heterocycles. The number of rotatable bonds is 6. The van der Waals surface area contributed by atoms with E-state index in [0.29, 0.717) is 47.0 Å². The van der Waals surface area contributed by atoms with Gasteiger partial charge in [0.05, 0.1) is 41.4 Å². The smallest absolute Gasteiger partial charge is 0.320 e. The monoisotopic (exact) mass is 505 g/mol. The van der Waals surface area contributed by atoms with E-state index in [1.165, 1.54) is 27.7 Å². The van der Waals surface area contributed by atoms with E-state index in [-0.39, 0.29) is 30.7 Å². The maximum atomic E-state index is 13.6. The highest BCUT2D eigenvalue weighted by Crippen LogP contribution is 2.42. The van der Waals surface area contributed by atoms with Crippen LogP contribution in [0.3, 0.4) is 0 Å². The molecule has 1 aliphatic rings. The Kier molecular flexibility index (Phi) is 7.14. The molecule has 0 fully saturated rings. The highest BCUT2D eigenvalue weighted by Gasteiger charge is 2.37. The van der Waals surface area contributed by atoms with Gasteiger partial charge in [-0.25, -0.2) is 26.5 Å². The fraction of sp³-hybridized carbons (Fsp3) is 0.280. The first-order chi connectivity index (χ1) is 17.7. The minimum atomic E-state index is -0.405. The Morgan fingerprint density at radius 1 is 1.05 bits per heavy atom. The van der Waals surface area contributed by atoms with E-state index in [2.05, 4.69) is 4.98 Å². The van der Waals surface area contributed by atoms with E-state index in [1.807, 2.05) is 44.2 Å². The van der Waals surface area contributed by atoms with Gasteiger partial charge < -0.3 is 15.6 Å². The number of urea groups is 1. The molecule has 0 saturated heterocycles. The van der Waals surface area contributed by atoms with Crippen LogP contribution in [0.2, 0.25) is 0 Å². The lowest BCUT2D eigenvalue weighted by molar-refractivity contribution is -0.116. The van der Waals surface area contributed by atoms with Crippen molar-refractivity contribution in [2.24, 2.45) is 11.7 Å². The van der Waals surface area contributed by atoms with Gasteiger partial charge in [-0.2, -0.15) is 0 Å². The lowest BCUT2D eigenvalue weighted by Gasteiger charge is -2.32. The number of amides is 3. The summed E-state index contributed by atoms with van der Waals surface area (Å²) in [6.45, 7) is 6.14. The quantitative estimate of drug-likeness (QED) is 0.260. The summed E-state index contributed by atoms with van der Waals surface area (Å²) in [4.78, 5) is 45.8. The SMILES string of the molecule is CCN(CC)C(=O)N1CC(=O)c2c(N(N)c3ccccc3)c(-c3ccnc(N(N)C(C)=O)c3)n(N)c2C1. The number of hydrogen-bond donors (Lipinski definition) is 3. The van der Waals surface area contributed by atoms with Gasteiger partial charge >= 0.3 is 6.03 Å². The summed E-state index contributed by atoms with van der Waals surface area (Å²) in [5, 5.41) is 2.32. The number of hydrogen-bond acceptors (Lipinski definition) is 8. The number of hydrazine groups is 2. The molecule has 3 amide bonds. The molecule has 0 unspecified atom stereocenters. The van der Waals surface area contributed by atoms with E-state index < -0.39 is 5.91 Å². The molecule has 1 aliphatic heterocycles. The topological polar surface area (TPSA) is 160 Å². The Bertz CT molecular complexity index is 1330. The normalized spacial score (nSPS) is 12.8. The zero-order valence-electron chi connectivity index (χ0n) is 21.1. The van der Waals surface area contributed by atoms with Crippen LogP contribution >= 0.6 is 0 Å². The fourth-order valence-corrected chi connectivity index (χ4v) is 4.48. The van der Waals surface area contributed by atoms with Gasteiger partial charge in [0.1, 0.15) is 5.82 Å². The molecule has 3 aromatic rings. The van der Waals surface area contributed by atoms with E-state index >= 15 is 0 Å². The molecule has 0 aliphatic carbocycles. The van der Waals surface area contributed by atoms with E-state index in [0.717, 1.165) is 5.01 Å². The average Bonchev–Trinajstić information content (AvgIpc) is 3.21. The number of fused-ring (bicyclic) bond motifs is 1. The molecule has 0 bridgehead atoms. The van der Waals surface area contributed by atoms with Crippen molar-refractivity contribution in [1.82, 2.24) is 19.5 Å². The molecular formula is C25H31N9O3. The van der Waals surface area contributed by atoms with Crippen LogP contribution in [-0.2, 0) is 11.3 Å². The number of carbonyl (C=O) groups excluding carboxylic acids is 3. The first-order valence-corrected chi connectivity index (χ1v) is 11.9. The number of Topliss-reactive ketones (excluding diaryl/α,β-unsaturated/α-hetero) is 1. The number of carbonyl (C=O) groups is 3. The highest BCUT2D eigenvalue weighted by molar-refractivity contribution is 6.10. The second-order valence-corrected chi connectivity index (χ2v) is 8.62. The standard InChI is InChI=1S/C25H31N9O3/c1-4-30(5-2)25(37)31-14-19-22(20(36)15-31)24(33(27)18-9-7-6-8-10-18)23(34(19)28)17-11-12-29-21(13-17)32(26)16(3)35/h6-13H,4-5,14-15,26-28H2,1-3H3. The van der Waals surface area contributed by atoms with Crippen molar-refractivity contribution in [2.75, 3.05) is 35.5 Å². The van der Waals surface area contributed by atoms with Gasteiger partial charge in [0.15, 0.2) is 5.78 Å². The minimum absolute atomic E-state index is 0.107. The first kappa shape index (κ1) is 25.7. The number of anilines is 3. The Labute approximate surface area is 214 Å². The van der Waals surface area contributed by atoms with Crippen LogP contribution in [-0.4, -0.2) is 56.8 Å². The van der Waals surface area contributed by atoms with Crippen LogP contribution in [0.15, 0.2) is 48.7 Å². The lowest BCUT2D eigenvalue weighted by atomic mass is 10.0. The molecular weight excluding hydrogens is 474 g/mol. The molecule has 4 rings (SSSR count). The third-order valence-electron chi connectivity index (χ3n) is 6.42. The largest absolute Gasteiger partial charge is 0.339 e. The second-order valence-electron chi connectivity index (χ2n) is 8.62. The highest BCUT2D eigenvalue weighted by atomic mass is 16.2. The molecule has 12 heteroatoms. The van der Waals surface area contributed by atoms with Gasteiger partial charge in [-0.15, -0.1) is 0 Å². The zero-order valence-corrected chi connectivity index (χ0v) is 21.1. The molecule has 37 heavy (non-hydrogen) atoms. The maximum absolute atomic E-state index is 13.6. The Hall–Kier alpha value is -4.42. The number of nitrogens with zero attached hydrogens (tertiary/aromatic N) is 6. The number of nitrogen functional groups attached to an aromatic ring is 1. The summed E-state index contributed by atoms with van der Waals surface area (Å²) in [7, 11) is 0. The van der Waals surface area contributed by atoms with Gasteiger partial charge in [0.25, 0.3) is 0 Å². The Morgan fingerprint density at radius 3 is 2.35 bits per heavy atom. The van der Waals surface area contributed by atoms with Gasteiger partial charge in [0, 0.05) is 31.8 Å². The number of pyridine rings is 1. The molecule has 0 saturated carbocycles. The average molecular weight is 506 g/mol. The van der Waals surface area contributed by atoms with Crippen molar-refractivity contribution < 1.29 is 14.4 Å². The number of aromatic nitrogens is 2. The first-order valence-electron chi connectivity index (χ1n) is 11.9. The number of ketones is 1. The molecule has 12 nitrogen and oxygen atoms in total. The van der Waals surface area contributed by atoms with Crippen LogP contribution in [0, 0.1) is 0 Å². The molecule has 0 spiro atoms. The van der Waals surface area contributed by atoms with Gasteiger partial charge in [-0.1, -0.05) is 18.2 Å². The summed E-state index contributed by atoms with van der Waals surface area (Å²) < 4.78 is 1.38. The van der Waals surface area contributed by atoms with Crippen molar-refractivity contribution in [3.63, 3.8) is 0 Å². The van der Waals surface area contributed by atoms with Crippen LogP contribution in [0.25, 0.3) is 11.3 Å². The van der Waals surface area contributed by atoms with Crippen molar-refractivity contribution in [1.29, 1.82) is 0 Å². The van der Waals surface area contributed by atoms with Crippen LogP contribution in [0.1, 0.15) is 36.8 Å². The van der Waals surface area contributed by atoms with Gasteiger partial charge in [-0.05, 0) is 38.1 Å². The van der Waals surface area contributed by atoms with Crippen molar-refractivity contribution in [3.05, 3.63) is 59.9 Å². The number of para-hydroxylation sites is 1. The van der Waals surface area contributed by atoms with E-state index in [9.17, 15) is 14.4 Å². The van der Waals surface area contributed by atoms with E-state index in [1.54, 1.807) is 17.0 Å². The minimum Gasteiger partial charge on any atom is -0.339 e. The summed E-state index contributed by atoms with van der Waals surface area (Å²) >= 11 is 0. The maximum Gasteiger partial charge on any atom is 0.320 e. The summed E-state index contributed by atoms with van der Waals surface area (Å²) in [5.74, 6) is 18.6. The van der Waals surface area contributed by atoms with Crippen LogP contribution in [0.5, 0.6) is 0 Å². The Morgan fingerprint density at radius 2 is 1.73 bits per heavy atom. The number of nitrogens with two attached hydrogens (primary N) is 3. The van der Waals surface area contributed by atoms with Crippen molar-refractivity contribution >= 4 is 34.9 Å².